The molecule has 0 atom stereocenters. The molecule has 0 aliphatic heterocycles. The van der Waals surface area contributed by atoms with E-state index in [0.717, 1.165) is 15.2 Å². The third-order valence-corrected chi connectivity index (χ3v) is 4.60. The van der Waals surface area contributed by atoms with Gasteiger partial charge in [0.25, 0.3) is 0 Å². The molecule has 2 rings (SSSR count). The minimum atomic E-state index is 0.145. The van der Waals surface area contributed by atoms with Gasteiger partial charge in [-0.2, -0.15) is 5.26 Å². The maximum Gasteiger partial charge on any atom is 0.227 e. The zero-order chi connectivity index (χ0) is 13.0. The van der Waals surface area contributed by atoms with Gasteiger partial charge >= 0.3 is 0 Å². The molecular weight excluding hydrogens is 312 g/mol. The molecule has 0 unspecified atom stereocenters. The number of thiophene rings is 1. The Hall–Kier alpha value is -0.860. The molecule has 1 aromatic rings. The second-order valence-corrected chi connectivity index (χ2v) is 7.12. The summed E-state index contributed by atoms with van der Waals surface area (Å²) < 4.78 is 1.05. The van der Waals surface area contributed by atoms with Gasteiger partial charge < -0.3 is 4.90 Å². The molecule has 1 aliphatic rings. The van der Waals surface area contributed by atoms with Crippen molar-refractivity contribution in [2.24, 2.45) is 5.92 Å². The highest BCUT2D eigenvalue weighted by atomic mass is 79.9. The van der Waals surface area contributed by atoms with Crippen molar-refractivity contribution in [2.75, 3.05) is 13.1 Å². The van der Waals surface area contributed by atoms with Crippen molar-refractivity contribution < 1.29 is 4.79 Å². The quantitative estimate of drug-likeness (QED) is 0.805. The summed E-state index contributed by atoms with van der Waals surface area (Å²) in [6.07, 6.45) is 3.32. The van der Waals surface area contributed by atoms with E-state index in [-0.39, 0.29) is 5.91 Å². The van der Waals surface area contributed by atoms with Gasteiger partial charge in [0.05, 0.1) is 22.7 Å². The summed E-state index contributed by atoms with van der Waals surface area (Å²) in [5.74, 6) is 0.814. The second-order valence-electron chi connectivity index (χ2n) is 4.57. The highest BCUT2D eigenvalue weighted by Gasteiger charge is 2.26. The minimum Gasteiger partial charge on any atom is -0.341 e. The topological polar surface area (TPSA) is 44.1 Å². The fourth-order valence-electron chi connectivity index (χ4n) is 1.82. The van der Waals surface area contributed by atoms with E-state index in [1.165, 1.54) is 12.8 Å². The normalized spacial score (nSPS) is 14.2. The Kier molecular flexibility index (Phi) is 4.79. The number of rotatable bonds is 6. The number of nitrogens with zero attached hydrogens (tertiary/aromatic N) is 2. The molecular formula is C13H15BrN2OS. The van der Waals surface area contributed by atoms with Gasteiger partial charge in [0.15, 0.2) is 0 Å². The first-order valence-electron chi connectivity index (χ1n) is 6.08. The lowest BCUT2D eigenvalue weighted by Crippen LogP contribution is -2.34. The molecule has 0 saturated heterocycles. The average Bonchev–Trinajstić information content (AvgIpc) is 3.07. The fraction of sp³-hybridized carbons (Fsp3) is 0.538. The van der Waals surface area contributed by atoms with Crippen LogP contribution in [0.5, 0.6) is 0 Å². The van der Waals surface area contributed by atoms with Crippen LogP contribution in [0.4, 0.5) is 0 Å². The molecule has 0 radical (unpaired) electrons. The minimum absolute atomic E-state index is 0.145. The maximum atomic E-state index is 12.2. The van der Waals surface area contributed by atoms with Gasteiger partial charge in [-0.15, -0.1) is 11.3 Å². The van der Waals surface area contributed by atoms with Crippen molar-refractivity contribution in [3.63, 3.8) is 0 Å². The van der Waals surface area contributed by atoms with Crippen LogP contribution in [0.2, 0.25) is 0 Å². The van der Waals surface area contributed by atoms with E-state index < -0.39 is 0 Å². The van der Waals surface area contributed by atoms with Gasteiger partial charge in [-0.05, 0) is 46.8 Å². The molecule has 0 N–H and O–H groups in total. The van der Waals surface area contributed by atoms with Crippen molar-refractivity contribution >= 4 is 33.2 Å². The van der Waals surface area contributed by atoms with Gasteiger partial charge in [0.2, 0.25) is 5.91 Å². The van der Waals surface area contributed by atoms with Crippen LogP contribution in [0.3, 0.4) is 0 Å². The molecule has 0 aromatic carbocycles. The largest absolute Gasteiger partial charge is 0.341 e. The van der Waals surface area contributed by atoms with Crippen LogP contribution in [0.1, 0.15) is 24.1 Å². The van der Waals surface area contributed by atoms with Gasteiger partial charge in [-0.1, -0.05) is 0 Å². The zero-order valence-electron chi connectivity index (χ0n) is 10.1. The van der Waals surface area contributed by atoms with E-state index in [1.54, 1.807) is 11.3 Å². The molecule has 3 nitrogen and oxygen atoms in total. The van der Waals surface area contributed by atoms with Crippen LogP contribution in [-0.2, 0) is 11.2 Å². The first-order valence-corrected chi connectivity index (χ1v) is 7.69. The predicted molar refractivity (Wildman–Crippen MR) is 75.3 cm³/mol. The van der Waals surface area contributed by atoms with Crippen LogP contribution < -0.4 is 0 Å². The average molecular weight is 327 g/mol. The number of carbonyl (C=O) groups is 1. The van der Waals surface area contributed by atoms with E-state index in [2.05, 4.69) is 22.0 Å². The van der Waals surface area contributed by atoms with Crippen molar-refractivity contribution in [3.05, 3.63) is 20.8 Å². The molecule has 1 heterocycles. The van der Waals surface area contributed by atoms with E-state index >= 15 is 0 Å². The molecule has 5 heteroatoms. The summed E-state index contributed by atoms with van der Waals surface area (Å²) in [4.78, 5) is 15.1. The molecule has 0 spiro atoms. The summed E-state index contributed by atoms with van der Waals surface area (Å²) in [5.41, 5.74) is 0. The van der Waals surface area contributed by atoms with Gasteiger partial charge in [0.1, 0.15) is 0 Å². The number of halogens is 1. The number of carbonyl (C=O) groups excluding carboxylic acids is 1. The van der Waals surface area contributed by atoms with Gasteiger partial charge in [-0.25, -0.2) is 0 Å². The lowest BCUT2D eigenvalue weighted by molar-refractivity contribution is -0.130. The predicted octanol–water partition coefficient (Wildman–Crippen LogP) is 3.21. The van der Waals surface area contributed by atoms with Crippen molar-refractivity contribution in [1.29, 1.82) is 5.26 Å². The highest BCUT2D eigenvalue weighted by molar-refractivity contribution is 9.11. The fourth-order valence-corrected chi connectivity index (χ4v) is 3.30. The van der Waals surface area contributed by atoms with Crippen molar-refractivity contribution in [1.82, 2.24) is 4.90 Å². The Morgan fingerprint density at radius 1 is 1.56 bits per heavy atom. The summed E-state index contributed by atoms with van der Waals surface area (Å²) in [7, 11) is 0. The first-order chi connectivity index (χ1) is 8.69. The molecule has 1 fully saturated rings. The third-order valence-electron chi connectivity index (χ3n) is 2.98. The Bertz CT molecular complexity index is 462. The van der Waals surface area contributed by atoms with Crippen LogP contribution in [0.25, 0.3) is 0 Å². The molecule has 0 bridgehead atoms. The smallest absolute Gasteiger partial charge is 0.227 e. The van der Waals surface area contributed by atoms with Crippen molar-refractivity contribution in [2.45, 2.75) is 25.7 Å². The Morgan fingerprint density at radius 2 is 2.33 bits per heavy atom. The van der Waals surface area contributed by atoms with Gasteiger partial charge in [-0.3, -0.25) is 4.79 Å². The van der Waals surface area contributed by atoms with Crippen LogP contribution in [0, 0.1) is 17.2 Å². The van der Waals surface area contributed by atoms with E-state index in [9.17, 15) is 4.79 Å². The monoisotopic (exact) mass is 326 g/mol. The Labute approximate surface area is 120 Å². The van der Waals surface area contributed by atoms with Crippen LogP contribution in [0.15, 0.2) is 15.9 Å². The van der Waals surface area contributed by atoms with Crippen LogP contribution in [-0.4, -0.2) is 23.9 Å². The summed E-state index contributed by atoms with van der Waals surface area (Å²) in [5, 5.41) is 8.65. The highest BCUT2D eigenvalue weighted by Crippen LogP contribution is 2.30. The van der Waals surface area contributed by atoms with Crippen LogP contribution >= 0.6 is 27.3 Å². The number of hydrogen-bond acceptors (Lipinski definition) is 3. The van der Waals surface area contributed by atoms with E-state index in [4.69, 9.17) is 5.26 Å². The molecule has 1 amide bonds. The molecule has 1 aliphatic carbocycles. The standard InChI is InChI=1S/C13H15BrN2OS/c14-12-5-4-11(18-12)8-13(17)16(7-1-6-15)9-10-2-3-10/h4-5,10H,1-3,7-9H2. The summed E-state index contributed by atoms with van der Waals surface area (Å²) >= 11 is 5.00. The Morgan fingerprint density at radius 3 is 2.89 bits per heavy atom. The maximum absolute atomic E-state index is 12.2. The van der Waals surface area contributed by atoms with E-state index in [1.807, 2.05) is 17.0 Å². The SMILES string of the molecule is N#CCCN(CC1CC1)C(=O)Cc1ccc(Br)s1. The summed E-state index contributed by atoms with van der Waals surface area (Å²) in [6.45, 7) is 1.39. The summed E-state index contributed by atoms with van der Waals surface area (Å²) in [6, 6.07) is 6.06. The van der Waals surface area contributed by atoms with E-state index in [0.29, 0.717) is 25.3 Å². The molecule has 96 valence electrons. The Balaban J connectivity index is 1.91. The zero-order valence-corrected chi connectivity index (χ0v) is 12.5. The van der Waals surface area contributed by atoms with Gasteiger partial charge in [0, 0.05) is 18.0 Å². The molecule has 18 heavy (non-hydrogen) atoms. The number of hydrogen-bond donors (Lipinski definition) is 0. The van der Waals surface area contributed by atoms with Crippen molar-refractivity contribution in [3.8, 4) is 6.07 Å². The molecule has 1 aromatic heterocycles. The lowest BCUT2D eigenvalue weighted by atomic mass is 10.2. The third kappa shape index (κ3) is 4.11. The molecule has 1 saturated carbocycles. The lowest BCUT2D eigenvalue weighted by Gasteiger charge is -2.21. The number of nitriles is 1. The number of amides is 1. The second kappa shape index (κ2) is 6.35. The first kappa shape index (κ1) is 13.6.